The van der Waals surface area contributed by atoms with E-state index in [-0.39, 0.29) is 5.91 Å². The van der Waals surface area contributed by atoms with E-state index >= 15 is 0 Å². The van der Waals surface area contributed by atoms with Crippen molar-refractivity contribution in [2.75, 3.05) is 26.2 Å². The Labute approximate surface area is 114 Å². The van der Waals surface area contributed by atoms with E-state index in [1.165, 1.54) is 57.8 Å². The minimum Gasteiger partial charge on any atom is -0.472 e. The normalized spacial score (nSPS) is 21.5. The van der Waals surface area contributed by atoms with Gasteiger partial charge in [-0.3, -0.25) is 4.79 Å². The van der Waals surface area contributed by atoms with E-state index in [1.807, 2.05) is 0 Å². The summed E-state index contributed by atoms with van der Waals surface area (Å²) in [7, 11) is 0. The highest BCUT2D eigenvalue weighted by Crippen LogP contribution is 2.31. The first-order valence-electron chi connectivity index (χ1n) is 7.34. The molecular weight excluding hydrogens is 240 g/mol. The molecule has 1 saturated heterocycles. The maximum atomic E-state index is 11.8. The minimum atomic E-state index is -0.0193. The Hall–Kier alpha value is -1.29. The van der Waals surface area contributed by atoms with Crippen molar-refractivity contribution in [3.8, 4) is 0 Å². The topological polar surface area (TPSA) is 45.5 Å². The summed E-state index contributed by atoms with van der Waals surface area (Å²) in [4.78, 5) is 14.4. The highest BCUT2D eigenvalue weighted by atomic mass is 16.3. The molecule has 1 aliphatic heterocycles. The van der Waals surface area contributed by atoms with Crippen LogP contribution in [0.5, 0.6) is 0 Å². The summed E-state index contributed by atoms with van der Waals surface area (Å²) in [5, 5.41) is 3.01. The number of likely N-dealkylation sites (tertiary alicyclic amines) is 1. The van der Waals surface area contributed by atoms with Gasteiger partial charge in [0.25, 0.3) is 5.91 Å². The first-order chi connectivity index (χ1) is 9.31. The monoisotopic (exact) mass is 262 g/mol. The summed E-state index contributed by atoms with van der Waals surface area (Å²) < 4.78 is 4.92. The molecule has 4 heteroatoms. The summed E-state index contributed by atoms with van der Waals surface area (Å²) in [6.07, 6.45) is 8.30. The predicted molar refractivity (Wildman–Crippen MR) is 72.9 cm³/mol. The molecule has 0 bridgehead atoms. The fourth-order valence-electron chi connectivity index (χ4n) is 2.77. The molecule has 104 valence electrons. The molecule has 0 unspecified atom stereocenters. The Bertz CT molecular complexity index is 404. The zero-order valence-electron chi connectivity index (χ0n) is 11.3. The lowest BCUT2D eigenvalue weighted by molar-refractivity contribution is 0.0935. The average Bonchev–Trinajstić information content (AvgIpc) is 3.08. The molecule has 0 spiro atoms. The lowest BCUT2D eigenvalue weighted by Gasteiger charge is -2.32. The van der Waals surface area contributed by atoms with Crippen molar-refractivity contribution in [3.05, 3.63) is 24.2 Å². The third-order valence-electron chi connectivity index (χ3n) is 4.26. The van der Waals surface area contributed by atoms with Crippen molar-refractivity contribution in [1.82, 2.24) is 10.2 Å². The number of hydrogen-bond acceptors (Lipinski definition) is 3. The van der Waals surface area contributed by atoms with Gasteiger partial charge in [0, 0.05) is 13.1 Å². The van der Waals surface area contributed by atoms with Gasteiger partial charge in [0.05, 0.1) is 11.8 Å². The number of amides is 1. The highest BCUT2D eigenvalue weighted by Gasteiger charge is 2.27. The molecule has 2 aliphatic rings. The Morgan fingerprint density at radius 3 is 2.68 bits per heavy atom. The first kappa shape index (κ1) is 12.7. The molecule has 0 radical (unpaired) electrons. The molecule has 0 atom stereocenters. The second-order valence-corrected chi connectivity index (χ2v) is 5.91. The van der Waals surface area contributed by atoms with Gasteiger partial charge in [0.1, 0.15) is 6.26 Å². The van der Waals surface area contributed by atoms with Crippen LogP contribution in [0.3, 0.4) is 0 Å². The van der Waals surface area contributed by atoms with Gasteiger partial charge in [-0.15, -0.1) is 0 Å². The molecule has 3 rings (SSSR count). The molecule has 1 saturated carbocycles. The van der Waals surface area contributed by atoms with Crippen LogP contribution in [0.1, 0.15) is 36.0 Å². The third kappa shape index (κ3) is 3.60. The maximum Gasteiger partial charge on any atom is 0.254 e. The van der Waals surface area contributed by atoms with Crippen LogP contribution >= 0.6 is 0 Å². The largest absolute Gasteiger partial charge is 0.472 e. The summed E-state index contributed by atoms with van der Waals surface area (Å²) >= 11 is 0. The number of piperidine rings is 1. The quantitative estimate of drug-likeness (QED) is 0.884. The summed E-state index contributed by atoms with van der Waals surface area (Å²) in [5.41, 5.74) is 0.617. The predicted octanol–water partition coefficient (Wildman–Crippen LogP) is 2.13. The minimum absolute atomic E-state index is 0.0193. The van der Waals surface area contributed by atoms with E-state index in [1.54, 1.807) is 6.07 Å². The smallest absolute Gasteiger partial charge is 0.254 e. The van der Waals surface area contributed by atoms with Crippen molar-refractivity contribution in [3.63, 3.8) is 0 Å². The van der Waals surface area contributed by atoms with Gasteiger partial charge in [0.2, 0.25) is 0 Å². The Morgan fingerprint density at radius 2 is 2.05 bits per heavy atom. The van der Waals surface area contributed by atoms with Gasteiger partial charge >= 0.3 is 0 Å². The number of carbonyl (C=O) groups is 1. The molecule has 1 N–H and O–H groups in total. The second-order valence-electron chi connectivity index (χ2n) is 5.91. The van der Waals surface area contributed by atoms with E-state index in [0.29, 0.717) is 11.5 Å². The Morgan fingerprint density at radius 1 is 1.26 bits per heavy atom. The molecule has 4 nitrogen and oxygen atoms in total. The van der Waals surface area contributed by atoms with Gasteiger partial charge in [0.15, 0.2) is 0 Å². The van der Waals surface area contributed by atoms with Crippen molar-refractivity contribution < 1.29 is 9.21 Å². The summed E-state index contributed by atoms with van der Waals surface area (Å²) in [6.45, 7) is 4.49. The maximum absolute atomic E-state index is 11.8. The molecule has 2 fully saturated rings. The molecule has 1 aromatic heterocycles. The Balaban J connectivity index is 1.36. The van der Waals surface area contributed by atoms with E-state index < -0.39 is 0 Å². The fourth-order valence-corrected chi connectivity index (χ4v) is 2.77. The Kier molecular flexibility index (Phi) is 3.87. The number of nitrogens with zero attached hydrogens (tertiary/aromatic N) is 1. The van der Waals surface area contributed by atoms with Crippen LogP contribution in [-0.4, -0.2) is 37.0 Å². The average molecular weight is 262 g/mol. The van der Waals surface area contributed by atoms with Gasteiger partial charge in [-0.2, -0.15) is 0 Å². The molecule has 1 aromatic rings. The number of furan rings is 1. The van der Waals surface area contributed by atoms with Crippen molar-refractivity contribution in [1.29, 1.82) is 0 Å². The fraction of sp³-hybridized carbons (Fsp3) is 0.667. The van der Waals surface area contributed by atoms with Crippen molar-refractivity contribution in [2.45, 2.75) is 25.7 Å². The van der Waals surface area contributed by atoms with Crippen LogP contribution in [0.2, 0.25) is 0 Å². The third-order valence-corrected chi connectivity index (χ3v) is 4.26. The van der Waals surface area contributed by atoms with Crippen LogP contribution in [0.15, 0.2) is 23.0 Å². The van der Waals surface area contributed by atoms with Crippen LogP contribution in [0.4, 0.5) is 0 Å². The first-order valence-corrected chi connectivity index (χ1v) is 7.34. The zero-order valence-corrected chi connectivity index (χ0v) is 11.3. The number of carbonyl (C=O) groups excluding carboxylic acids is 1. The molecule has 1 amide bonds. The zero-order chi connectivity index (χ0) is 13.1. The van der Waals surface area contributed by atoms with Gasteiger partial charge in [-0.05, 0) is 56.7 Å². The summed E-state index contributed by atoms with van der Waals surface area (Å²) in [6, 6.07) is 1.70. The lowest BCUT2D eigenvalue weighted by atomic mass is 9.96. The van der Waals surface area contributed by atoms with E-state index in [4.69, 9.17) is 4.42 Å². The van der Waals surface area contributed by atoms with E-state index in [0.717, 1.165) is 12.5 Å². The van der Waals surface area contributed by atoms with Crippen LogP contribution in [-0.2, 0) is 0 Å². The SMILES string of the molecule is O=C(NCC1CCN(CC2CC2)CC1)c1ccoc1. The molecule has 19 heavy (non-hydrogen) atoms. The lowest BCUT2D eigenvalue weighted by Crippen LogP contribution is -2.39. The number of rotatable bonds is 5. The van der Waals surface area contributed by atoms with Crippen molar-refractivity contribution in [2.24, 2.45) is 11.8 Å². The van der Waals surface area contributed by atoms with Crippen LogP contribution in [0.25, 0.3) is 0 Å². The molecule has 2 heterocycles. The van der Waals surface area contributed by atoms with E-state index in [9.17, 15) is 4.79 Å². The number of nitrogens with one attached hydrogen (secondary N) is 1. The molecule has 1 aliphatic carbocycles. The van der Waals surface area contributed by atoms with Crippen LogP contribution in [0, 0.1) is 11.8 Å². The summed E-state index contributed by atoms with van der Waals surface area (Å²) in [5.74, 6) is 1.60. The van der Waals surface area contributed by atoms with Gasteiger partial charge in [-0.25, -0.2) is 0 Å². The van der Waals surface area contributed by atoms with Crippen LogP contribution < -0.4 is 5.32 Å². The second kappa shape index (κ2) is 5.78. The number of hydrogen-bond donors (Lipinski definition) is 1. The standard InChI is InChI=1S/C15H22N2O2/c18-15(14-5-8-19-11-14)16-9-12-3-6-17(7-4-12)10-13-1-2-13/h5,8,11-13H,1-4,6-7,9-10H2,(H,16,18). The van der Waals surface area contributed by atoms with Gasteiger partial charge in [-0.1, -0.05) is 0 Å². The molecule has 0 aromatic carbocycles. The molecular formula is C15H22N2O2. The van der Waals surface area contributed by atoms with Crippen molar-refractivity contribution >= 4 is 5.91 Å². The van der Waals surface area contributed by atoms with Gasteiger partial charge < -0.3 is 14.6 Å². The highest BCUT2D eigenvalue weighted by molar-refractivity contribution is 5.93. The van der Waals surface area contributed by atoms with E-state index in [2.05, 4.69) is 10.2 Å².